The molecule has 1 unspecified atom stereocenters. The van der Waals surface area contributed by atoms with Crippen LogP contribution in [0.5, 0.6) is 5.75 Å². The molecular formula is C13H14FNO4S. The minimum atomic E-state index is -1.20. The molecule has 1 fully saturated rings. The van der Waals surface area contributed by atoms with Crippen molar-refractivity contribution < 1.29 is 23.8 Å². The summed E-state index contributed by atoms with van der Waals surface area (Å²) in [5.74, 6) is -0.520. The summed E-state index contributed by atoms with van der Waals surface area (Å²) in [6, 6.07) is 5.25. The zero-order chi connectivity index (χ0) is 14.6. The second kappa shape index (κ2) is 6.13. The molecule has 1 atom stereocenters. The number of carbonyl (C=O) groups is 2. The van der Waals surface area contributed by atoms with Gasteiger partial charge in [0.05, 0.1) is 0 Å². The van der Waals surface area contributed by atoms with E-state index in [1.807, 2.05) is 0 Å². The van der Waals surface area contributed by atoms with Crippen LogP contribution in [-0.4, -0.2) is 40.6 Å². The summed E-state index contributed by atoms with van der Waals surface area (Å²) in [4.78, 5) is 23.0. The van der Waals surface area contributed by atoms with Crippen molar-refractivity contribution in [3.8, 4) is 5.75 Å². The molecule has 5 nitrogen and oxygen atoms in total. The third kappa shape index (κ3) is 3.41. The Kier molecular flexibility index (Phi) is 4.49. The molecule has 0 spiro atoms. The van der Waals surface area contributed by atoms with E-state index in [0.717, 1.165) is 0 Å². The highest BCUT2D eigenvalue weighted by Gasteiger charge is 2.43. The number of nitrogens with one attached hydrogen (secondary N) is 1. The Morgan fingerprint density at radius 2 is 2.10 bits per heavy atom. The lowest BCUT2D eigenvalue weighted by Crippen LogP contribution is -2.55. The molecule has 0 saturated carbocycles. The largest absolute Gasteiger partial charge is 0.484 e. The molecule has 1 aliphatic rings. The highest BCUT2D eigenvalue weighted by atomic mass is 32.2. The highest BCUT2D eigenvalue weighted by Crippen LogP contribution is 2.28. The van der Waals surface area contributed by atoms with E-state index in [4.69, 9.17) is 4.74 Å². The number of ether oxygens (including phenoxy) is 1. The molecule has 0 aromatic heterocycles. The van der Waals surface area contributed by atoms with Crippen LogP contribution < -0.4 is 10.1 Å². The molecule has 1 amide bonds. The van der Waals surface area contributed by atoms with Crippen LogP contribution in [-0.2, 0) is 9.59 Å². The van der Waals surface area contributed by atoms with Gasteiger partial charge in [-0.3, -0.25) is 4.79 Å². The van der Waals surface area contributed by atoms with Crippen molar-refractivity contribution in [3.63, 3.8) is 0 Å². The Morgan fingerprint density at radius 1 is 1.40 bits per heavy atom. The molecule has 1 saturated heterocycles. The van der Waals surface area contributed by atoms with Crippen LogP contribution in [0.2, 0.25) is 0 Å². The smallest absolute Gasteiger partial charge is 0.330 e. The van der Waals surface area contributed by atoms with Crippen molar-refractivity contribution in [2.75, 3.05) is 18.1 Å². The Bertz CT molecular complexity index is 500. The standard InChI is InChI=1S/C13H14FNO4S/c14-9-1-3-10(4-2-9)19-7-11(16)15-13(12(17)18)5-6-20-8-13/h1-4H,5-8H2,(H,15,16)(H,17,18). The zero-order valence-corrected chi connectivity index (χ0v) is 11.4. The maximum Gasteiger partial charge on any atom is 0.330 e. The van der Waals surface area contributed by atoms with Gasteiger partial charge in [0.15, 0.2) is 6.61 Å². The van der Waals surface area contributed by atoms with Gasteiger partial charge in [-0.05, 0) is 36.4 Å². The van der Waals surface area contributed by atoms with Crippen LogP contribution in [0, 0.1) is 5.82 Å². The molecular weight excluding hydrogens is 285 g/mol. The van der Waals surface area contributed by atoms with Crippen molar-refractivity contribution in [1.82, 2.24) is 5.32 Å². The number of rotatable bonds is 5. The van der Waals surface area contributed by atoms with E-state index in [2.05, 4.69) is 5.32 Å². The molecule has 1 heterocycles. The fourth-order valence-electron chi connectivity index (χ4n) is 1.87. The molecule has 7 heteroatoms. The van der Waals surface area contributed by atoms with E-state index in [1.165, 1.54) is 36.0 Å². The van der Waals surface area contributed by atoms with Crippen molar-refractivity contribution in [1.29, 1.82) is 0 Å². The Labute approximate surface area is 119 Å². The topological polar surface area (TPSA) is 75.6 Å². The number of carboxylic acids is 1. The molecule has 1 aromatic carbocycles. The summed E-state index contributed by atoms with van der Waals surface area (Å²) >= 11 is 1.49. The Hall–Kier alpha value is -1.76. The van der Waals surface area contributed by atoms with Gasteiger partial charge in [-0.15, -0.1) is 0 Å². The molecule has 108 valence electrons. The number of benzene rings is 1. The van der Waals surface area contributed by atoms with E-state index in [-0.39, 0.29) is 6.61 Å². The number of carboxylic acid groups (broad SMARTS) is 1. The van der Waals surface area contributed by atoms with Gasteiger partial charge in [-0.1, -0.05) is 0 Å². The molecule has 2 rings (SSSR count). The van der Waals surface area contributed by atoms with Crippen molar-refractivity contribution in [3.05, 3.63) is 30.1 Å². The van der Waals surface area contributed by atoms with Crippen LogP contribution in [0.4, 0.5) is 4.39 Å². The third-order valence-electron chi connectivity index (χ3n) is 2.99. The van der Waals surface area contributed by atoms with Crippen LogP contribution in [0.25, 0.3) is 0 Å². The lowest BCUT2D eigenvalue weighted by Gasteiger charge is -2.24. The first kappa shape index (κ1) is 14.6. The second-order valence-corrected chi connectivity index (χ2v) is 5.59. The van der Waals surface area contributed by atoms with Crippen molar-refractivity contribution >= 4 is 23.6 Å². The molecule has 1 aliphatic heterocycles. The normalized spacial score (nSPS) is 21.4. The van der Waals surface area contributed by atoms with Gasteiger partial charge >= 0.3 is 5.97 Å². The monoisotopic (exact) mass is 299 g/mol. The predicted octanol–water partition coefficient (Wildman–Crippen LogP) is 1.28. The van der Waals surface area contributed by atoms with E-state index < -0.39 is 23.2 Å². The summed E-state index contributed by atoms with van der Waals surface area (Å²) in [5.41, 5.74) is -1.20. The molecule has 20 heavy (non-hydrogen) atoms. The number of hydrogen-bond acceptors (Lipinski definition) is 4. The van der Waals surface area contributed by atoms with Gasteiger partial charge < -0.3 is 15.2 Å². The SMILES string of the molecule is O=C(COc1ccc(F)cc1)NC1(C(=O)O)CCSC1. The third-order valence-corrected chi connectivity index (χ3v) is 4.18. The van der Waals surface area contributed by atoms with Crippen LogP contribution >= 0.6 is 11.8 Å². The lowest BCUT2D eigenvalue weighted by molar-refractivity contribution is -0.146. The van der Waals surface area contributed by atoms with Gasteiger partial charge in [0, 0.05) is 5.75 Å². The van der Waals surface area contributed by atoms with Gasteiger partial charge in [-0.2, -0.15) is 11.8 Å². The molecule has 1 aromatic rings. The fraction of sp³-hybridized carbons (Fsp3) is 0.385. The van der Waals surface area contributed by atoms with Crippen LogP contribution in [0.3, 0.4) is 0 Å². The van der Waals surface area contributed by atoms with E-state index in [9.17, 15) is 19.1 Å². The summed E-state index contributed by atoms with van der Waals surface area (Å²) in [6.45, 7) is -0.300. The maximum absolute atomic E-state index is 12.7. The average Bonchev–Trinajstić information content (AvgIpc) is 2.88. The quantitative estimate of drug-likeness (QED) is 0.856. The van der Waals surface area contributed by atoms with E-state index in [1.54, 1.807) is 0 Å². The lowest BCUT2D eigenvalue weighted by atomic mass is 9.99. The van der Waals surface area contributed by atoms with Crippen LogP contribution in [0.1, 0.15) is 6.42 Å². The predicted molar refractivity (Wildman–Crippen MR) is 72.3 cm³/mol. The minimum Gasteiger partial charge on any atom is -0.484 e. The highest BCUT2D eigenvalue weighted by molar-refractivity contribution is 7.99. The minimum absolute atomic E-state index is 0.300. The molecule has 0 radical (unpaired) electrons. The molecule has 2 N–H and O–H groups in total. The Morgan fingerprint density at radius 3 is 2.65 bits per heavy atom. The second-order valence-electron chi connectivity index (χ2n) is 4.48. The number of hydrogen-bond donors (Lipinski definition) is 2. The van der Waals surface area contributed by atoms with Crippen molar-refractivity contribution in [2.45, 2.75) is 12.0 Å². The van der Waals surface area contributed by atoms with Crippen molar-refractivity contribution in [2.24, 2.45) is 0 Å². The number of thioether (sulfide) groups is 1. The van der Waals surface area contributed by atoms with Gasteiger partial charge in [0.1, 0.15) is 17.1 Å². The number of carbonyl (C=O) groups excluding carboxylic acids is 1. The van der Waals surface area contributed by atoms with Gasteiger partial charge in [-0.25, -0.2) is 9.18 Å². The van der Waals surface area contributed by atoms with E-state index in [0.29, 0.717) is 23.7 Å². The van der Waals surface area contributed by atoms with E-state index >= 15 is 0 Å². The van der Waals surface area contributed by atoms with Crippen LogP contribution in [0.15, 0.2) is 24.3 Å². The molecule has 0 aliphatic carbocycles. The maximum atomic E-state index is 12.7. The number of aliphatic carboxylic acids is 1. The number of halogens is 1. The summed E-state index contributed by atoms with van der Waals surface area (Å²) in [7, 11) is 0. The summed E-state index contributed by atoms with van der Waals surface area (Å²) in [5, 5.41) is 11.7. The first-order chi connectivity index (χ1) is 9.52. The van der Waals surface area contributed by atoms with Gasteiger partial charge in [0.25, 0.3) is 5.91 Å². The summed E-state index contributed by atoms with van der Waals surface area (Å²) in [6.07, 6.45) is 0.398. The molecule has 0 bridgehead atoms. The first-order valence-corrected chi connectivity index (χ1v) is 7.18. The van der Waals surface area contributed by atoms with Gasteiger partial charge in [0.2, 0.25) is 0 Å². The summed E-state index contributed by atoms with van der Waals surface area (Å²) < 4.78 is 17.9. The zero-order valence-electron chi connectivity index (χ0n) is 10.6. The number of amides is 1. The fourth-order valence-corrected chi connectivity index (χ4v) is 3.19. The Balaban J connectivity index is 1.89. The first-order valence-electron chi connectivity index (χ1n) is 6.02. The average molecular weight is 299 g/mol.